The topological polar surface area (TPSA) is 20.3 Å². The highest BCUT2D eigenvalue weighted by molar-refractivity contribution is 7.10. The van der Waals surface area contributed by atoms with Crippen LogP contribution in [0.3, 0.4) is 0 Å². The zero-order valence-electron chi connectivity index (χ0n) is 10.8. The van der Waals surface area contributed by atoms with Gasteiger partial charge in [0.1, 0.15) is 0 Å². The normalized spacial score (nSPS) is 37.3. The first-order chi connectivity index (χ1) is 8.74. The minimum Gasteiger partial charge on any atom is -0.335 e. The minimum absolute atomic E-state index is 0.296. The summed E-state index contributed by atoms with van der Waals surface area (Å²) in [6.45, 7) is 3.12. The molecule has 0 bridgehead atoms. The lowest BCUT2D eigenvalue weighted by molar-refractivity contribution is -0.138. The van der Waals surface area contributed by atoms with Gasteiger partial charge in [0.15, 0.2) is 0 Å². The number of nitrogens with zero attached hydrogens (tertiary/aromatic N) is 1. The lowest BCUT2D eigenvalue weighted by atomic mass is 9.96. The van der Waals surface area contributed by atoms with Crippen molar-refractivity contribution in [2.75, 3.05) is 6.54 Å². The Morgan fingerprint density at radius 3 is 2.89 bits per heavy atom. The van der Waals surface area contributed by atoms with E-state index in [4.69, 9.17) is 0 Å². The van der Waals surface area contributed by atoms with Crippen LogP contribution in [-0.2, 0) is 11.2 Å². The summed E-state index contributed by atoms with van der Waals surface area (Å²) >= 11 is 1.84. The molecule has 2 aliphatic carbocycles. The molecular formula is C15H19NOS. The summed E-state index contributed by atoms with van der Waals surface area (Å²) in [7, 11) is 0. The van der Waals surface area contributed by atoms with E-state index < -0.39 is 0 Å². The monoisotopic (exact) mass is 261 g/mol. The molecule has 0 radical (unpaired) electrons. The number of hydrogen-bond acceptors (Lipinski definition) is 2. The van der Waals surface area contributed by atoms with Gasteiger partial charge in [-0.1, -0.05) is 0 Å². The van der Waals surface area contributed by atoms with Gasteiger partial charge in [0.05, 0.1) is 6.04 Å². The Kier molecular flexibility index (Phi) is 2.35. The molecule has 0 N–H and O–H groups in total. The third-order valence-electron chi connectivity index (χ3n) is 5.15. The summed E-state index contributed by atoms with van der Waals surface area (Å²) in [5.41, 5.74) is 1.39. The SMILES string of the molecule is CC1c2ccsc2CCN1C(=O)C1CC2CC2C1. The van der Waals surface area contributed by atoms with Crippen molar-refractivity contribution in [3.8, 4) is 0 Å². The predicted octanol–water partition coefficient (Wildman–Crippen LogP) is 3.24. The van der Waals surface area contributed by atoms with Gasteiger partial charge in [0.2, 0.25) is 5.91 Å². The molecule has 3 atom stereocenters. The number of carbonyl (C=O) groups excluding carboxylic acids is 1. The Morgan fingerprint density at radius 2 is 2.11 bits per heavy atom. The van der Waals surface area contributed by atoms with Crippen molar-refractivity contribution in [1.82, 2.24) is 4.90 Å². The van der Waals surface area contributed by atoms with Crippen LogP contribution in [0.25, 0.3) is 0 Å². The molecule has 2 nitrogen and oxygen atoms in total. The largest absolute Gasteiger partial charge is 0.335 e. The van der Waals surface area contributed by atoms with E-state index in [0.717, 1.165) is 24.8 Å². The van der Waals surface area contributed by atoms with Crippen molar-refractivity contribution in [1.29, 1.82) is 0 Å². The van der Waals surface area contributed by atoms with Gasteiger partial charge in [-0.15, -0.1) is 11.3 Å². The Labute approximate surface area is 112 Å². The summed E-state index contributed by atoms with van der Waals surface area (Å²) in [5.74, 6) is 2.58. The Hall–Kier alpha value is -0.830. The van der Waals surface area contributed by atoms with Gasteiger partial charge in [-0.2, -0.15) is 0 Å². The maximum absolute atomic E-state index is 12.6. The molecular weight excluding hydrogens is 242 g/mol. The van der Waals surface area contributed by atoms with Crippen molar-refractivity contribution < 1.29 is 4.79 Å². The van der Waals surface area contributed by atoms with Crippen molar-refractivity contribution in [3.05, 3.63) is 21.9 Å². The molecule has 1 aromatic rings. The summed E-state index contributed by atoms with van der Waals surface area (Å²) in [4.78, 5) is 16.3. The smallest absolute Gasteiger partial charge is 0.226 e. The quantitative estimate of drug-likeness (QED) is 0.760. The van der Waals surface area contributed by atoms with E-state index in [1.54, 1.807) is 0 Å². The predicted molar refractivity (Wildman–Crippen MR) is 72.5 cm³/mol. The molecule has 2 fully saturated rings. The molecule has 2 saturated carbocycles. The van der Waals surface area contributed by atoms with E-state index in [1.807, 2.05) is 11.3 Å². The highest BCUT2D eigenvalue weighted by Gasteiger charge is 2.49. The number of hydrogen-bond donors (Lipinski definition) is 0. The fourth-order valence-electron chi connectivity index (χ4n) is 3.96. The van der Waals surface area contributed by atoms with Gasteiger partial charge in [-0.25, -0.2) is 0 Å². The van der Waals surface area contributed by atoms with Gasteiger partial charge in [-0.05, 0) is 61.5 Å². The molecule has 1 aliphatic heterocycles. The highest BCUT2D eigenvalue weighted by Crippen LogP contribution is 2.55. The van der Waals surface area contributed by atoms with E-state index in [0.29, 0.717) is 17.9 Å². The zero-order valence-corrected chi connectivity index (χ0v) is 11.6. The second-order valence-corrected chi connectivity index (χ2v) is 7.18. The lowest BCUT2D eigenvalue weighted by Crippen LogP contribution is -2.41. The van der Waals surface area contributed by atoms with Gasteiger partial charge >= 0.3 is 0 Å². The summed E-state index contributed by atoms with van der Waals surface area (Å²) in [6, 6.07) is 2.50. The standard InChI is InChI=1S/C15H19NOS/c1-9-13-3-5-18-14(13)2-4-16(9)15(17)12-7-10-6-11(10)8-12/h3,5,9-12H,2,4,6-8H2,1H3. The van der Waals surface area contributed by atoms with Crippen LogP contribution in [0.15, 0.2) is 11.4 Å². The van der Waals surface area contributed by atoms with Crippen LogP contribution in [-0.4, -0.2) is 17.4 Å². The first-order valence-electron chi connectivity index (χ1n) is 7.11. The average Bonchev–Trinajstić information content (AvgIpc) is 2.83. The van der Waals surface area contributed by atoms with Crippen molar-refractivity contribution in [2.45, 2.75) is 38.6 Å². The van der Waals surface area contributed by atoms with E-state index in [2.05, 4.69) is 23.3 Å². The molecule has 18 heavy (non-hydrogen) atoms. The van der Waals surface area contributed by atoms with Gasteiger partial charge in [-0.3, -0.25) is 4.79 Å². The van der Waals surface area contributed by atoms with Crippen LogP contribution in [0.1, 0.15) is 42.7 Å². The second kappa shape index (κ2) is 3.83. The number of carbonyl (C=O) groups is 1. The Morgan fingerprint density at radius 1 is 1.33 bits per heavy atom. The summed E-state index contributed by atoms with van der Waals surface area (Å²) < 4.78 is 0. The Balaban J connectivity index is 1.53. The molecule has 3 heteroatoms. The molecule has 96 valence electrons. The third kappa shape index (κ3) is 1.56. The minimum atomic E-state index is 0.296. The molecule has 3 unspecified atom stereocenters. The molecule has 0 aromatic carbocycles. The van der Waals surface area contributed by atoms with Gasteiger partial charge < -0.3 is 4.90 Å². The number of amides is 1. The van der Waals surface area contributed by atoms with E-state index >= 15 is 0 Å². The number of fused-ring (bicyclic) bond motifs is 2. The van der Waals surface area contributed by atoms with Crippen molar-refractivity contribution in [3.63, 3.8) is 0 Å². The molecule has 0 spiro atoms. The molecule has 2 heterocycles. The van der Waals surface area contributed by atoms with Crippen molar-refractivity contribution in [2.24, 2.45) is 17.8 Å². The lowest BCUT2D eigenvalue weighted by Gasteiger charge is -2.35. The van der Waals surface area contributed by atoms with E-state index in [1.165, 1.54) is 29.7 Å². The fraction of sp³-hybridized carbons (Fsp3) is 0.667. The van der Waals surface area contributed by atoms with Crippen LogP contribution in [0.4, 0.5) is 0 Å². The molecule has 1 aromatic heterocycles. The summed E-state index contributed by atoms with van der Waals surface area (Å²) in [5, 5.41) is 2.17. The molecule has 1 amide bonds. The Bertz CT molecular complexity index is 484. The molecule has 0 saturated heterocycles. The van der Waals surface area contributed by atoms with Gasteiger partial charge in [0, 0.05) is 17.3 Å². The number of rotatable bonds is 1. The maximum Gasteiger partial charge on any atom is 0.226 e. The van der Waals surface area contributed by atoms with Crippen molar-refractivity contribution >= 4 is 17.2 Å². The highest BCUT2D eigenvalue weighted by atomic mass is 32.1. The van der Waals surface area contributed by atoms with Crippen LogP contribution in [0.2, 0.25) is 0 Å². The van der Waals surface area contributed by atoms with Crippen LogP contribution in [0, 0.1) is 17.8 Å². The zero-order chi connectivity index (χ0) is 12.3. The maximum atomic E-state index is 12.6. The van der Waals surface area contributed by atoms with Crippen LogP contribution < -0.4 is 0 Å². The molecule has 4 rings (SSSR count). The van der Waals surface area contributed by atoms with Gasteiger partial charge in [0.25, 0.3) is 0 Å². The summed E-state index contributed by atoms with van der Waals surface area (Å²) in [6.07, 6.45) is 4.79. The first-order valence-corrected chi connectivity index (χ1v) is 7.98. The van der Waals surface area contributed by atoms with E-state index in [9.17, 15) is 4.79 Å². The average molecular weight is 261 g/mol. The van der Waals surface area contributed by atoms with E-state index in [-0.39, 0.29) is 0 Å². The van der Waals surface area contributed by atoms with Crippen LogP contribution >= 0.6 is 11.3 Å². The second-order valence-electron chi connectivity index (χ2n) is 6.18. The van der Waals surface area contributed by atoms with Crippen LogP contribution in [0.5, 0.6) is 0 Å². The number of thiophene rings is 1. The fourth-order valence-corrected chi connectivity index (χ4v) is 4.92. The first kappa shape index (κ1) is 11.0. The third-order valence-corrected chi connectivity index (χ3v) is 6.15. The molecule has 3 aliphatic rings.